The van der Waals surface area contributed by atoms with Gasteiger partial charge in [0.2, 0.25) is 5.95 Å². The second-order valence-electron chi connectivity index (χ2n) is 6.21. The fraction of sp³-hybridized carbons (Fsp3) is 0.333. The molecule has 0 aliphatic rings. The number of hydrogen-bond acceptors (Lipinski definition) is 6. The molecule has 0 fully saturated rings. The first-order chi connectivity index (χ1) is 12.5. The van der Waals surface area contributed by atoms with E-state index in [1.807, 2.05) is 38.1 Å². The molecule has 0 atom stereocenters. The summed E-state index contributed by atoms with van der Waals surface area (Å²) in [6, 6.07) is 7.59. The van der Waals surface area contributed by atoms with Gasteiger partial charge in [0.25, 0.3) is 5.91 Å². The number of imidazole rings is 1. The second-order valence-corrected chi connectivity index (χ2v) is 7.24. The van der Waals surface area contributed by atoms with Gasteiger partial charge >= 0.3 is 5.97 Å². The van der Waals surface area contributed by atoms with Crippen molar-refractivity contribution in [2.45, 2.75) is 26.8 Å². The topological polar surface area (TPSA) is 86.1 Å². The van der Waals surface area contributed by atoms with Crippen molar-refractivity contribution in [2.75, 3.05) is 11.9 Å². The number of nitrogens with one attached hydrogen (secondary N) is 1. The quantitative estimate of drug-likeness (QED) is 0.643. The molecule has 1 N–H and O–H groups in total. The van der Waals surface area contributed by atoms with Crippen LogP contribution < -0.4 is 5.32 Å². The standard InChI is InChI=1S/C18H20N4O3S/c1-12(2)11-25-15(23)7-9-22-10-8-19-18(22)21-16(24)17-20-13-5-3-4-6-14(13)26-17/h3-6,8,10,12H,7,9,11H2,1-2H3,(H,19,21,24). The molecule has 3 aromatic rings. The summed E-state index contributed by atoms with van der Waals surface area (Å²) in [5.74, 6) is 0.0960. The molecule has 2 aromatic heterocycles. The maximum atomic E-state index is 12.4. The zero-order valence-corrected chi connectivity index (χ0v) is 15.5. The molecule has 0 saturated heterocycles. The molecule has 2 heterocycles. The van der Waals surface area contributed by atoms with Gasteiger partial charge in [-0.1, -0.05) is 26.0 Å². The number of amides is 1. The Morgan fingerprint density at radius 1 is 1.31 bits per heavy atom. The molecule has 3 rings (SSSR count). The van der Waals surface area contributed by atoms with Gasteiger partial charge in [0.1, 0.15) is 0 Å². The van der Waals surface area contributed by atoms with Crippen molar-refractivity contribution in [3.63, 3.8) is 0 Å². The summed E-state index contributed by atoms with van der Waals surface area (Å²) in [4.78, 5) is 32.7. The minimum Gasteiger partial charge on any atom is -0.465 e. The molecular formula is C18H20N4O3S. The van der Waals surface area contributed by atoms with E-state index >= 15 is 0 Å². The molecule has 1 aromatic carbocycles. The van der Waals surface area contributed by atoms with E-state index < -0.39 is 0 Å². The van der Waals surface area contributed by atoms with E-state index in [-0.39, 0.29) is 18.3 Å². The third-order valence-electron chi connectivity index (χ3n) is 3.56. The maximum Gasteiger partial charge on any atom is 0.307 e. The van der Waals surface area contributed by atoms with Crippen LogP contribution in [-0.2, 0) is 16.1 Å². The highest BCUT2D eigenvalue weighted by molar-refractivity contribution is 7.20. The molecule has 0 radical (unpaired) electrons. The molecule has 0 aliphatic heterocycles. The van der Waals surface area contributed by atoms with E-state index in [1.165, 1.54) is 11.3 Å². The normalized spacial score (nSPS) is 11.0. The number of para-hydroxylation sites is 1. The van der Waals surface area contributed by atoms with Crippen molar-refractivity contribution in [3.8, 4) is 0 Å². The van der Waals surface area contributed by atoms with Crippen LogP contribution in [0.5, 0.6) is 0 Å². The van der Waals surface area contributed by atoms with Crippen LogP contribution in [0.3, 0.4) is 0 Å². The number of anilines is 1. The number of esters is 1. The Balaban J connectivity index is 1.61. The number of carbonyl (C=O) groups excluding carboxylic acids is 2. The minimum atomic E-state index is -0.318. The smallest absolute Gasteiger partial charge is 0.307 e. The van der Waals surface area contributed by atoms with Gasteiger partial charge in [0.15, 0.2) is 5.01 Å². The Bertz CT molecular complexity index is 883. The number of nitrogens with zero attached hydrogens (tertiary/aromatic N) is 3. The highest BCUT2D eigenvalue weighted by Gasteiger charge is 2.15. The average Bonchev–Trinajstić information content (AvgIpc) is 3.24. The van der Waals surface area contributed by atoms with Crippen molar-refractivity contribution >= 4 is 39.4 Å². The van der Waals surface area contributed by atoms with Crippen LogP contribution in [0.1, 0.15) is 30.1 Å². The molecule has 7 nitrogen and oxygen atoms in total. The molecule has 1 amide bonds. The summed E-state index contributed by atoms with van der Waals surface area (Å²) >= 11 is 1.33. The van der Waals surface area contributed by atoms with Crippen LogP contribution in [0.15, 0.2) is 36.7 Å². The lowest BCUT2D eigenvalue weighted by atomic mass is 10.2. The number of ether oxygens (including phenoxy) is 1. The second kappa shape index (κ2) is 8.09. The molecule has 26 heavy (non-hydrogen) atoms. The van der Waals surface area contributed by atoms with Crippen LogP contribution in [0.2, 0.25) is 0 Å². The van der Waals surface area contributed by atoms with E-state index in [0.29, 0.717) is 30.0 Å². The predicted molar refractivity (Wildman–Crippen MR) is 100 cm³/mol. The number of fused-ring (bicyclic) bond motifs is 1. The number of rotatable bonds is 7. The van der Waals surface area contributed by atoms with Gasteiger partial charge in [0, 0.05) is 18.9 Å². The van der Waals surface area contributed by atoms with Gasteiger partial charge in [-0.05, 0) is 18.1 Å². The summed E-state index contributed by atoms with van der Waals surface area (Å²) in [7, 11) is 0. The number of hydrogen-bond donors (Lipinski definition) is 1. The van der Waals surface area contributed by atoms with E-state index in [9.17, 15) is 9.59 Å². The first-order valence-electron chi connectivity index (χ1n) is 8.36. The van der Waals surface area contributed by atoms with Crippen LogP contribution in [0.4, 0.5) is 5.95 Å². The number of benzene rings is 1. The van der Waals surface area contributed by atoms with Crippen LogP contribution in [0.25, 0.3) is 10.2 Å². The SMILES string of the molecule is CC(C)COC(=O)CCn1ccnc1NC(=O)c1nc2ccccc2s1. The van der Waals surface area contributed by atoms with Crippen molar-refractivity contribution < 1.29 is 14.3 Å². The Kier molecular flexibility index (Phi) is 5.62. The molecule has 0 unspecified atom stereocenters. The zero-order valence-electron chi connectivity index (χ0n) is 14.6. The molecule has 0 aliphatic carbocycles. The van der Waals surface area contributed by atoms with Crippen molar-refractivity contribution in [2.24, 2.45) is 5.92 Å². The zero-order chi connectivity index (χ0) is 18.5. The maximum absolute atomic E-state index is 12.4. The van der Waals surface area contributed by atoms with E-state index in [1.54, 1.807) is 17.0 Å². The van der Waals surface area contributed by atoms with Gasteiger partial charge in [-0.3, -0.25) is 14.9 Å². The lowest BCUT2D eigenvalue weighted by Crippen LogP contribution is -2.17. The number of carbonyl (C=O) groups is 2. The predicted octanol–water partition coefficient (Wildman–Crippen LogP) is 3.33. The van der Waals surface area contributed by atoms with Crippen LogP contribution >= 0.6 is 11.3 Å². The van der Waals surface area contributed by atoms with Crippen LogP contribution in [0, 0.1) is 5.92 Å². The summed E-state index contributed by atoms with van der Waals surface area (Å²) in [5.41, 5.74) is 0.791. The highest BCUT2D eigenvalue weighted by Crippen LogP contribution is 2.22. The lowest BCUT2D eigenvalue weighted by Gasteiger charge is -2.09. The largest absolute Gasteiger partial charge is 0.465 e. The molecule has 8 heteroatoms. The summed E-state index contributed by atoms with van der Waals surface area (Å²) < 4.78 is 7.82. The average molecular weight is 372 g/mol. The fourth-order valence-corrected chi connectivity index (χ4v) is 3.14. The highest BCUT2D eigenvalue weighted by atomic mass is 32.1. The summed E-state index contributed by atoms with van der Waals surface area (Å²) in [5, 5.41) is 3.12. The fourth-order valence-electron chi connectivity index (χ4n) is 2.28. The van der Waals surface area contributed by atoms with E-state index in [0.717, 1.165) is 10.2 Å². The number of aromatic nitrogens is 3. The first kappa shape index (κ1) is 18.1. The van der Waals surface area contributed by atoms with Crippen molar-refractivity contribution in [1.82, 2.24) is 14.5 Å². The van der Waals surface area contributed by atoms with Crippen molar-refractivity contribution in [3.05, 3.63) is 41.7 Å². The Hall–Kier alpha value is -2.74. The Morgan fingerprint density at radius 3 is 2.88 bits per heavy atom. The number of thiazole rings is 1. The molecule has 136 valence electrons. The third kappa shape index (κ3) is 4.45. The lowest BCUT2D eigenvalue weighted by molar-refractivity contribution is -0.144. The Morgan fingerprint density at radius 2 is 2.12 bits per heavy atom. The minimum absolute atomic E-state index is 0.215. The molecule has 0 bridgehead atoms. The Labute approximate surface area is 155 Å². The number of aryl methyl sites for hydroxylation is 1. The van der Waals surface area contributed by atoms with Gasteiger partial charge in [-0.25, -0.2) is 9.97 Å². The van der Waals surface area contributed by atoms with E-state index in [2.05, 4.69) is 15.3 Å². The van der Waals surface area contributed by atoms with Gasteiger partial charge in [-0.2, -0.15) is 0 Å². The van der Waals surface area contributed by atoms with Gasteiger partial charge < -0.3 is 9.30 Å². The van der Waals surface area contributed by atoms with Gasteiger partial charge in [0.05, 0.1) is 23.2 Å². The first-order valence-corrected chi connectivity index (χ1v) is 9.18. The monoisotopic (exact) mass is 372 g/mol. The van der Waals surface area contributed by atoms with Gasteiger partial charge in [-0.15, -0.1) is 11.3 Å². The molecule has 0 saturated carbocycles. The third-order valence-corrected chi connectivity index (χ3v) is 4.60. The molecule has 0 spiro atoms. The summed E-state index contributed by atoms with van der Waals surface area (Å²) in [6.45, 7) is 4.76. The summed E-state index contributed by atoms with van der Waals surface area (Å²) in [6.07, 6.45) is 3.50. The van der Waals surface area contributed by atoms with Crippen molar-refractivity contribution in [1.29, 1.82) is 0 Å². The van der Waals surface area contributed by atoms with Crippen LogP contribution in [-0.4, -0.2) is 33.0 Å². The van der Waals surface area contributed by atoms with E-state index in [4.69, 9.17) is 4.74 Å². The molecular weight excluding hydrogens is 352 g/mol.